The molecule has 5 heteroatoms. The molecule has 0 bridgehead atoms. The zero-order chi connectivity index (χ0) is 27.6. The number of nitrogens with zero attached hydrogens (tertiary/aromatic N) is 3. The second-order valence-corrected chi connectivity index (χ2v) is 13.1. The first-order valence-corrected chi connectivity index (χ1v) is 15.3. The number of hydrogen-bond donors (Lipinski definition) is 0. The molecule has 1 aliphatic carbocycles. The Bertz CT molecular complexity index is 1910. The molecular weight excluding hydrogens is 539 g/mol. The molecule has 0 amide bonds. The number of rotatable bonds is 3. The number of hydrogen-bond acceptors (Lipinski definition) is 5. The summed E-state index contributed by atoms with van der Waals surface area (Å²) in [5.74, 6) is 2.05. The summed E-state index contributed by atoms with van der Waals surface area (Å²) < 4.78 is 0. The van der Waals surface area contributed by atoms with Crippen molar-refractivity contribution < 1.29 is 0 Å². The third-order valence-corrected chi connectivity index (χ3v) is 10.5. The zero-order valence-corrected chi connectivity index (χ0v) is 24.3. The van der Waals surface area contributed by atoms with Crippen molar-refractivity contribution in [3.05, 3.63) is 126 Å². The highest BCUT2D eigenvalue weighted by Gasteiger charge is 2.37. The van der Waals surface area contributed by atoms with Crippen LogP contribution in [0.4, 0.5) is 0 Å². The Labute approximate surface area is 248 Å². The van der Waals surface area contributed by atoms with Crippen molar-refractivity contribution in [1.29, 1.82) is 0 Å². The molecule has 2 heterocycles. The molecule has 3 nitrogen and oxygen atoms in total. The van der Waals surface area contributed by atoms with Crippen LogP contribution in [-0.4, -0.2) is 15.0 Å². The predicted molar refractivity (Wildman–Crippen MR) is 168 cm³/mol. The lowest BCUT2D eigenvalue weighted by atomic mass is 9.82. The maximum absolute atomic E-state index is 4.98. The van der Waals surface area contributed by atoms with Crippen LogP contribution in [0.1, 0.15) is 25.0 Å². The van der Waals surface area contributed by atoms with Crippen LogP contribution in [0.25, 0.3) is 45.3 Å². The second-order valence-electron chi connectivity index (χ2n) is 10.9. The second kappa shape index (κ2) is 9.44. The molecule has 0 saturated carbocycles. The van der Waals surface area contributed by atoms with Gasteiger partial charge in [0.1, 0.15) is 0 Å². The van der Waals surface area contributed by atoms with Gasteiger partial charge in [0.15, 0.2) is 17.5 Å². The van der Waals surface area contributed by atoms with Crippen LogP contribution in [0.5, 0.6) is 0 Å². The molecule has 5 aromatic carbocycles. The van der Waals surface area contributed by atoms with Crippen LogP contribution in [0.3, 0.4) is 0 Å². The van der Waals surface area contributed by atoms with Crippen LogP contribution >= 0.6 is 23.5 Å². The highest BCUT2D eigenvalue weighted by Crippen LogP contribution is 2.56. The molecule has 0 fully saturated rings. The Morgan fingerprint density at radius 2 is 0.927 bits per heavy atom. The van der Waals surface area contributed by atoms with E-state index in [4.69, 9.17) is 15.0 Å². The minimum atomic E-state index is -0.143. The summed E-state index contributed by atoms with van der Waals surface area (Å²) in [6.45, 7) is 4.67. The van der Waals surface area contributed by atoms with Crippen LogP contribution in [0.15, 0.2) is 135 Å². The third-order valence-electron chi connectivity index (χ3n) is 7.99. The largest absolute Gasteiger partial charge is 0.208 e. The predicted octanol–water partition coefficient (Wildman–Crippen LogP) is 9.79. The maximum atomic E-state index is 4.98. The van der Waals surface area contributed by atoms with Crippen molar-refractivity contribution in [1.82, 2.24) is 15.0 Å². The van der Waals surface area contributed by atoms with Gasteiger partial charge >= 0.3 is 0 Å². The fourth-order valence-electron chi connectivity index (χ4n) is 5.83. The molecule has 0 unspecified atom stereocenters. The first kappa shape index (κ1) is 24.6. The van der Waals surface area contributed by atoms with Crippen LogP contribution < -0.4 is 0 Å². The number of aromatic nitrogens is 3. The van der Waals surface area contributed by atoms with Crippen LogP contribution in [0, 0.1) is 0 Å². The lowest BCUT2D eigenvalue weighted by Gasteiger charge is -2.24. The molecule has 196 valence electrons. The molecule has 8 rings (SSSR count). The molecular formula is C36H25N3S2. The fourth-order valence-corrected chi connectivity index (χ4v) is 8.11. The average Bonchev–Trinajstić information content (AvgIpc) is 3.24. The lowest BCUT2D eigenvalue weighted by molar-refractivity contribution is 0.658. The van der Waals surface area contributed by atoms with Gasteiger partial charge in [-0.3, -0.25) is 0 Å². The number of benzene rings is 5. The van der Waals surface area contributed by atoms with Gasteiger partial charge in [0, 0.05) is 41.7 Å². The Morgan fingerprint density at radius 3 is 1.51 bits per heavy atom. The summed E-state index contributed by atoms with van der Waals surface area (Å²) >= 11 is 3.75. The minimum Gasteiger partial charge on any atom is -0.208 e. The normalized spacial score (nSPS) is 14.1. The summed E-state index contributed by atoms with van der Waals surface area (Å²) in [4.78, 5) is 20.2. The minimum absolute atomic E-state index is 0.143. The van der Waals surface area contributed by atoms with E-state index in [-0.39, 0.29) is 5.41 Å². The van der Waals surface area contributed by atoms with E-state index in [0.717, 1.165) is 16.7 Å². The average molecular weight is 564 g/mol. The van der Waals surface area contributed by atoms with Gasteiger partial charge in [-0.2, -0.15) is 0 Å². The molecule has 2 aliphatic rings. The fraction of sp³-hybridized carbons (Fsp3) is 0.0833. The molecule has 1 aromatic heterocycles. The Hall–Kier alpha value is -4.19. The molecule has 0 spiro atoms. The van der Waals surface area contributed by atoms with E-state index in [9.17, 15) is 0 Å². The quantitative estimate of drug-likeness (QED) is 0.214. The van der Waals surface area contributed by atoms with Crippen LogP contribution in [-0.2, 0) is 5.41 Å². The summed E-state index contributed by atoms with van der Waals surface area (Å²) in [5.41, 5.74) is 8.12. The standard InChI is InChI=1S/C36H25N3S2/c1-36(2)27-19-24(35-38-33(22-11-5-3-6-12-22)37-34(39-35)23-13-7-4-8-14-23)17-18-25(27)26-20-31-32(21-28(26)36)41-30-16-10-9-15-29(30)40-31/h3-21H,1-2H3. The maximum Gasteiger partial charge on any atom is 0.164 e. The zero-order valence-electron chi connectivity index (χ0n) is 22.6. The van der Waals surface area contributed by atoms with E-state index in [1.165, 1.54) is 41.8 Å². The van der Waals surface area contributed by atoms with Gasteiger partial charge in [0.2, 0.25) is 0 Å². The highest BCUT2D eigenvalue weighted by atomic mass is 32.2. The molecule has 0 atom stereocenters. The van der Waals surface area contributed by atoms with Gasteiger partial charge in [-0.05, 0) is 52.6 Å². The Balaban J connectivity index is 1.25. The van der Waals surface area contributed by atoms with E-state index in [0.29, 0.717) is 17.5 Å². The summed E-state index contributed by atoms with van der Waals surface area (Å²) in [6, 6.07) is 40.5. The van der Waals surface area contributed by atoms with E-state index >= 15 is 0 Å². The van der Waals surface area contributed by atoms with Crippen molar-refractivity contribution in [2.45, 2.75) is 38.8 Å². The molecule has 6 aromatic rings. The summed E-state index contributed by atoms with van der Waals surface area (Å²) in [5, 5.41) is 0. The summed E-state index contributed by atoms with van der Waals surface area (Å²) in [6.07, 6.45) is 0. The Kier molecular flexibility index (Phi) is 5.66. The Morgan fingerprint density at radius 1 is 0.439 bits per heavy atom. The lowest BCUT2D eigenvalue weighted by Crippen LogP contribution is -2.15. The van der Waals surface area contributed by atoms with Gasteiger partial charge in [0.05, 0.1) is 0 Å². The SMILES string of the molecule is CC1(C)c2cc(-c3nc(-c4ccccc4)nc(-c4ccccc4)n3)ccc2-c2cc3c(cc21)Sc1ccccc1S3. The molecule has 0 saturated heterocycles. The van der Waals surface area contributed by atoms with Gasteiger partial charge in [0.25, 0.3) is 0 Å². The van der Waals surface area contributed by atoms with Gasteiger partial charge < -0.3 is 0 Å². The summed E-state index contributed by atoms with van der Waals surface area (Å²) in [7, 11) is 0. The van der Waals surface area contributed by atoms with Crippen molar-refractivity contribution in [2.24, 2.45) is 0 Å². The third kappa shape index (κ3) is 4.11. The first-order chi connectivity index (χ1) is 20.0. The topological polar surface area (TPSA) is 38.7 Å². The van der Waals surface area contributed by atoms with E-state index in [1.54, 1.807) is 0 Å². The van der Waals surface area contributed by atoms with E-state index in [1.807, 2.05) is 84.2 Å². The number of fused-ring (bicyclic) bond motifs is 5. The van der Waals surface area contributed by atoms with Crippen molar-refractivity contribution in [3.8, 4) is 45.3 Å². The van der Waals surface area contributed by atoms with Crippen LogP contribution in [0.2, 0.25) is 0 Å². The molecule has 0 radical (unpaired) electrons. The van der Waals surface area contributed by atoms with Crippen molar-refractivity contribution >= 4 is 23.5 Å². The van der Waals surface area contributed by atoms with E-state index in [2.05, 4.69) is 68.4 Å². The van der Waals surface area contributed by atoms with Gasteiger partial charge in [-0.25, -0.2) is 15.0 Å². The molecule has 41 heavy (non-hydrogen) atoms. The van der Waals surface area contributed by atoms with Gasteiger partial charge in [-0.15, -0.1) is 0 Å². The highest BCUT2D eigenvalue weighted by molar-refractivity contribution is 8.05. The molecule has 0 N–H and O–H groups in total. The van der Waals surface area contributed by atoms with E-state index < -0.39 is 0 Å². The van der Waals surface area contributed by atoms with Crippen molar-refractivity contribution in [3.63, 3.8) is 0 Å². The first-order valence-electron chi connectivity index (χ1n) is 13.7. The molecule has 1 aliphatic heterocycles. The monoisotopic (exact) mass is 563 g/mol. The van der Waals surface area contributed by atoms with Gasteiger partial charge in [-0.1, -0.05) is 122 Å². The smallest absolute Gasteiger partial charge is 0.164 e. The van der Waals surface area contributed by atoms with Crippen molar-refractivity contribution in [2.75, 3.05) is 0 Å².